The average molecular weight is 198 g/mol. The van der Waals surface area contributed by atoms with Crippen molar-refractivity contribution in [3.63, 3.8) is 0 Å². The predicted molar refractivity (Wildman–Crippen MR) is 53.9 cm³/mol. The van der Waals surface area contributed by atoms with Crippen LogP contribution in [0.2, 0.25) is 0 Å². The largest absolute Gasteiger partial charge is 0.459 e. The molecule has 0 saturated carbocycles. The standard InChI is InChI=1S/C11H18O3/c1-7(2)10(12)13-6-8-9(14-8)11(3,4)5/h8-9H,1,6H2,2-5H3. The number of esters is 1. The van der Waals surface area contributed by atoms with E-state index >= 15 is 0 Å². The molecule has 0 aliphatic carbocycles. The van der Waals surface area contributed by atoms with Gasteiger partial charge in [0.25, 0.3) is 0 Å². The van der Waals surface area contributed by atoms with E-state index < -0.39 is 0 Å². The molecule has 80 valence electrons. The van der Waals surface area contributed by atoms with Gasteiger partial charge in [-0.1, -0.05) is 27.4 Å². The van der Waals surface area contributed by atoms with Gasteiger partial charge in [-0.15, -0.1) is 0 Å². The van der Waals surface area contributed by atoms with Gasteiger partial charge in [-0.05, 0) is 12.3 Å². The zero-order valence-electron chi connectivity index (χ0n) is 9.29. The van der Waals surface area contributed by atoms with Gasteiger partial charge in [-0.3, -0.25) is 0 Å². The first-order valence-electron chi connectivity index (χ1n) is 4.80. The van der Waals surface area contributed by atoms with Crippen molar-refractivity contribution in [2.45, 2.75) is 39.9 Å². The molecular weight excluding hydrogens is 180 g/mol. The number of hydrogen-bond acceptors (Lipinski definition) is 3. The van der Waals surface area contributed by atoms with Crippen LogP contribution in [-0.2, 0) is 14.3 Å². The minimum absolute atomic E-state index is 0.0679. The molecule has 1 heterocycles. The van der Waals surface area contributed by atoms with Gasteiger partial charge in [0, 0.05) is 5.57 Å². The van der Waals surface area contributed by atoms with Crippen LogP contribution in [0, 0.1) is 5.41 Å². The molecule has 0 aromatic heterocycles. The summed E-state index contributed by atoms with van der Waals surface area (Å²) in [7, 11) is 0. The third kappa shape index (κ3) is 2.84. The lowest BCUT2D eigenvalue weighted by molar-refractivity contribution is -0.139. The van der Waals surface area contributed by atoms with Crippen molar-refractivity contribution < 1.29 is 14.3 Å². The fraction of sp³-hybridized carbons (Fsp3) is 0.727. The predicted octanol–water partition coefficient (Wildman–Crippen LogP) is 1.92. The first-order chi connectivity index (χ1) is 6.32. The van der Waals surface area contributed by atoms with Crippen molar-refractivity contribution in [3.05, 3.63) is 12.2 Å². The quantitative estimate of drug-likeness (QED) is 0.395. The van der Waals surface area contributed by atoms with Crippen molar-refractivity contribution >= 4 is 5.97 Å². The molecule has 3 nitrogen and oxygen atoms in total. The molecule has 0 radical (unpaired) electrons. The van der Waals surface area contributed by atoms with Gasteiger partial charge in [0.15, 0.2) is 0 Å². The molecule has 1 rings (SSSR count). The topological polar surface area (TPSA) is 38.8 Å². The summed E-state index contributed by atoms with van der Waals surface area (Å²) in [5.74, 6) is -0.340. The molecule has 0 N–H and O–H groups in total. The number of carbonyl (C=O) groups excluding carboxylic acids is 1. The highest BCUT2D eigenvalue weighted by Crippen LogP contribution is 2.37. The number of rotatable bonds is 3. The Morgan fingerprint density at radius 1 is 1.50 bits per heavy atom. The van der Waals surface area contributed by atoms with Crippen molar-refractivity contribution in [2.24, 2.45) is 5.41 Å². The number of carbonyl (C=O) groups is 1. The summed E-state index contributed by atoms with van der Waals surface area (Å²) in [5.41, 5.74) is 0.554. The van der Waals surface area contributed by atoms with Crippen LogP contribution in [0.5, 0.6) is 0 Å². The molecule has 1 saturated heterocycles. The van der Waals surface area contributed by atoms with Crippen LogP contribution in [0.15, 0.2) is 12.2 Å². The van der Waals surface area contributed by atoms with Gasteiger partial charge in [0.2, 0.25) is 0 Å². The Kier molecular flexibility index (Phi) is 3.00. The number of epoxide rings is 1. The maximum Gasteiger partial charge on any atom is 0.333 e. The Morgan fingerprint density at radius 3 is 2.43 bits per heavy atom. The van der Waals surface area contributed by atoms with E-state index in [1.807, 2.05) is 0 Å². The van der Waals surface area contributed by atoms with E-state index in [9.17, 15) is 4.79 Å². The molecule has 1 fully saturated rings. The molecule has 0 amide bonds. The fourth-order valence-electron chi connectivity index (χ4n) is 1.31. The maximum absolute atomic E-state index is 11.1. The molecule has 0 bridgehead atoms. The van der Waals surface area contributed by atoms with Crippen molar-refractivity contribution in [2.75, 3.05) is 6.61 Å². The first-order valence-corrected chi connectivity index (χ1v) is 4.80. The minimum atomic E-state index is -0.340. The number of hydrogen-bond donors (Lipinski definition) is 0. The van der Waals surface area contributed by atoms with E-state index in [1.165, 1.54) is 0 Å². The van der Waals surface area contributed by atoms with E-state index in [4.69, 9.17) is 9.47 Å². The maximum atomic E-state index is 11.1. The molecule has 0 aromatic rings. The lowest BCUT2D eigenvalue weighted by atomic mass is 9.90. The molecule has 3 heteroatoms. The Hall–Kier alpha value is -0.830. The van der Waals surface area contributed by atoms with E-state index in [-0.39, 0.29) is 23.6 Å². The van der Waals surface area contributed by atoms with Crippen molar-refractivity contribution in [1.29, 1.82) is 0 Å². The monoisotopic (exact) mass is 198 g/mol. The molecule has 0 aromatic carbocycles. The van der Waals surface area contributed by atoms with E-state index in [1.54, 1.807) is 6.92 Å². The van der Waals surface area contributed by atoms with E-state index in [2.05, 4.69) is 27.4 Å². The highest BCUT2D eigenvalue weighted by atomic mass is 16.6. The summed E-state index contributed by atoms with van der Waals surface area (Å²) in [6.45, 7) is 11.8. The van der Waals surface area contributed by atoms with Gasteiger partial charge in [0.05, 0.1) is 6.10 Å². The zero-order chi connectivity index (χ0) is 10.9. The third-order valence-corrected chi connectivity index (χ3v) is 2.16. The SMILES string of the molecule is C=C(C)C(=O)OCC1OC1C(C)(C)C. The summed E-state index contributed by atoms with van der Waals surface area (Å²) in [4.78, 5) is 11.1. The Bertz CT molecular complexity index is 250. The number of ether oxygens (including phenoxy) is 2. The highest BCUT2D eigenvalue weighted by Gasteiger charge is 2.47. The summed E-state index contributed by atoms with van der Waals surface area (Å²) in [5, 5.41) is 0. The summed E-state index contributed by atoms with van der Waals surface area (Å²) < 4.78 is 10.4. The van der Waals surface area contributed by atoms with Gasteiger partial charge < -0.3 is 9.47 Å². The second-order valence-corrected chi connectivity index (χ2v) is 4.84. The van der Waals surface area contributed by atoms with E-state index in [0.29, 0.717) is 12.2 Å². The second kappa shape index (κ2) is 3.73. The lowest BCUT2D eigenvalue weighted by Crippen LogP contribution is -2.19. The molecular formula is C11H18O3. The van der Waals surface area contributed by atoms with Gasteiger partial charge in [-0.25, -0.2) is 4.79 Å². The normalized spacial score (nSPS) is 25.7. The molecule has 0 spiro atoms. The molecule has 1 aliphatic heterocycles. The smallest absolute Gasteiger partial charge is 0.333 e. The summed E-state index contributed by atoms with van der Waals surface area (Å²) in [6, 6.07) is 0. The van der Waals surface area contributed by atoms with Gasteiger partial charge in [-0.2, -0.15) is 0 Å². The van der Waals surface area contributed by atoms with Crippen molar-refractivity contribution in [1.82, 2.24) is 0 Å². The van der Waals surface area contributed by atoms with Gasteiger partial charge >= 0.3 is 5.97 Å². The van der Waals surface area contributed by atoms with Crippen LogP contribution >= 0.6 is 0 Å². The van der Waals surface area contributed by atoms with Crippen LogP contribution in [0.4, 0.5) is 0 Å². The average Bonchev–Trinajstić information content (AvgIpc) is 2.77. The van der Waals surface area contributed by atoms with Crippen LogP contribution < -0.4 is 0 Å². The van der Waals surface area contributed by atoms with Crippen LogP contribution in [0.1, 0.15) is 27.7 Å². The zero-order valence-corrected chi connectivity index (χ0v) is 9.29. The van der Waals surface area contributed by atoms with Crippen molar-refractivity contribution in [3.8, 4) is 0 Å². The molecule has 2 unspecified atom stereocenters. The lowest BCUT2D eigenvalue weighted by Gasteiger charge is -2.14. The van der Waals surface area contributed by atoms with Gasteiger partial charge in [0.1, 0.15) is 12.7 Å². The first kappa shape index (κ1) is 11.2. The Balaban J connectivity index is 2.24. The minimum Gasteiger partial charge on any atom is -0.459 e. The fourth-order valence-corrected chi connectivity index (χ4v) is 1.31. The third-order valence-electron chi connectivity index (χ3n) is 2.16. The summed E-state index contributed by atoms with van der Waals surface area (Å²) in [6.07, 6.45) is 0.277. The Labute approximate surface area is 85.1 Å². The molecule has 14 heavy (non-hydrogen) atoms. The molecule has 2 atom stereocenters. The van der Waals surface area contributed by atoms with E-state index in [0.717, 1.165) is 0 Å². The summed E-state index contributed by atoms with van der Waals surface area (Å²) >= 11 is 0. The second-order valence-electron chi connectivity index (χ2n) is 4.84. The highest BCUT2D eigenvalue weighted by molar-refractivity contribution is 5.86. The van der Waals surface area contributed by atoms with Crippen LogP contribution in [0.3, 0.4) is 0 Å². The van der Waals surface area contributed by atoms with Crippen LogP contribution in [-0.4, -0.2) is 24.8 Å². The Morgan fingerprint density at radius 2 is 2.07 bits per heavy atom. The molecule has 1 aliphatic rings. The van der Waals surface area contributed by atoms with Crippen LogP contribution in [0.25, 0.3) is 0 Å².